The second-order valence-electron chi connectivity index (χ2n) is 7.24. The molecule has 0 aromatic heterocycles. The molecule has 1 saturated carbocycles. The molecule has 1 aromatic carbocycles. The number of allylic oxidation sites excluding steroid dienone is 2. The molecule has 118 valence electrons. The Hall–Kier alpha value is -0.800. The molecule has 1 N–H and O–H groups in total. The molecule has 1 heterocycles. The van der Waals surface area contributed by atoms with Crippen LogP contribution in [-0.2, 0) is 0 Å². The Bertz CT molecular complexity index is 548. The maximum atomic E-state index is 3.71. The van der Waals surface area contributed by atoms with Crippen molar-refractivity contribution in [1.29, 1.82) is 0 Å². The predicted molar refractivity (Wildman–Crippen MR) is 96.1 cm³/mol. The summed E-state index contributed by atoms with van der Waals surface area (Å²) in [4.78, 5) is 2.71. The van der Waals surface area contributed by atoms with Crippen molar-refractivity contribution in [3.8, 4) is 0 Å². The van der Waals surface area contributed by atoms with Gasteiger partial charge in [-0.2, -0.15) is 0 Å². The van der Waals surface area contributed by atoms with Gasteiger partial charge in [0.05, 0.1) is 0 Å². The Kier molecular flexibility index (Phi) is 4.27. The van der Waals surface area contributed by atoms with Gasteiger partial charge in [-0.05, 0) is 71.5 Å². The van der Waals surface area contributed by atoms with Gasteiger partial charge in [0, 0.05) is 35.8 Å². The Morgan fingerprint density at radius 3 is 2.59 bits per heavy atom. The zero-order chi connectivity index (χ0) is 14.9. The molecule has 4 rings (SSSR count). The summed E-state index contributed by atoms with van der Waals surface area (Å²) in [7, 11) is 0. The highest BCUT2D eigenvalue weighted by molar-refractivity contribution is 9.10. The SMILES string of the molecule is Brc1ccccc1NC1CCN(CC2CC3C=CC2C3)CC1. The normalized spacial score (nSPS) is 31.8. The summed E-state index contributed by atoms with van der Waals surface area (Å²) in [5.41, 5.74) is 1.24. The summed E-state index contributed by atoms with van der Waals surface area (Å²) >= 11 is 3.63. The predicted octanol–water partition coefficient (Wildman–Crippen LogP) is 4.54. The van der Waals surface area contributed by atoms with E-state index in [1.54, 1.807) is 0 Å². The molecule has 1 aliphatic heterocycles. The molecule has 0 radical (unpaired) electrons. The van der Waals surface area contributed by atoms with E-state index < -0.39 is 0 Å². The van der Waals surface area contributed by atoms with Crippen LogP contribution in [0.3, 0.4) is 0 Å². The van der Waals surface area contributed by atoms with E-state index >= 15 is 0 Å². The zero-order valence-corrected chi connectivity index (χ0v) is 14.6. The van der Waals surface area contributed by atoms with E-state index in [1.807, 2.05) is 0 Å². The van der Waals surface area contributed by atoms with Gasteiger partial charge in [0.15, 0.2) is 0 Å². The van der Waals surface area contributed by atoms with Crippen LogP contribution in [0.4, 0.5) is 5.69 Å². The van der Waals surface area contributed by atoms with E-state index in [0.29, 0.717) is 6.04 Å². The molecule has 0 spiro atoms. The number of anilines is 1. The van der Waals surface area contributed by atoms with Gasteiger partial charge in [0.25, 0.3) is 0 Å². The maximum absolute atomic E-state index is 3.71. The molecular formula is C19H25BrN2. The molecule has 3 unspecified atom stereocenters. The molecule has 3 aliphatic rings. The number of benzene rings is 1. The van der Waals surface area contributed by atoms with Gasteiger partial charge in [0.2, 0.25) is 0 Å². The third-order valence-corrected chi connectivity index (χ3v) is 6.42. The Morgan fingerprint density at radius 2 is 1.91 bits per heavy atom. The first kappa shape index (κ1) is 14.8. The van der Waals surface area contributed by atoms with Crippen molar-refractivity contribution < 1.29 is 0 Å². The second-order valence-corrected chi connectivity index (χ2v) is 8.09. The number of hydrogen-bond donors (Lipinski definition) is 1. The molecule has 0 amide bonds. The van der Waals surface area contributed by atoms with Crippen LogP contribution in [0.1, 0.15) is 25.7 Å². The first-order valence-corrected chi connectivity index (χ1v) is 9.49. The molecule has 1 saturated heterocycles. The van der Waals surface area contributed by atoms with Crippen LogP contribution in [0.2, 0.25) is 0 Å². The minimum atomic E-state index is 0.620. The van der Waals surface area contributed by atoms with E-state index in [0.717, 1.165) is 17.8 Å². The highest BCUT2D eigenvalue weighted by Crippen LogP contribution is 2.43. The average Bonchev–Trinajstić information content (AvgIpc) is 3.14. The Morgan fingerprint density at radius 1 is 1.09 bits per heavy atom. The summed E-state index contributed by atoms with van der Waals surface area (Å²) < 4.78 is 1.17. The molecule has 3 atom stereocenters. The van der Waals surface area contributed by atoms with Crippen LogP contribution in [0.15, 0.2) is 40.9 Å². The number of piperidine rings is 1. The minimum absolute atomic E-state index is 0.620. The summed E-state index contributed by atoms with van der Waals surface area (Å²) in [6.07, 6.45) is 10.3. The van der Waals surface area contributed by atoms with Crippen LogP contribution in [0.25, 0.3) is 0 Å². The van der Waals surface area contributed by atoms with Crippen molar-refractivity contribution in [3.05, 3.63) is 40.9 Å². The van der Waals surface area contributed by atoms with Crippen LogP contribution in [-0.4, -0.2) is 30.6 Å². The lowest BCUT2D eigenvalue weighted by atomic mass is 9.92. The van der Waals surface area contributed by atoms with Gasteiger partial charge in [-0.1, -0.05) is 24.3 Å². The van der Waals surface area contributed by atoms with E-state index in [2.05, 4.69) is 62.6 Å². The Balaban J connectivity index is 1.26. The molecule has 2 bridgehead atoms. The van der Waals surface area contributed by atoms with Crippen LogP contribution < -0.4 is 5.32 Å². The van der Waals surface area contributed by atoms with Gasteiger partial charge < -0.3 is 10.2 Å². The molecule has 22 heavy (non-hydrogen) atoms. The van der Waals surface area contributed by atoms with Crippen LogP contribution >= 0.6 is 15.9 Å². The van der Waals surface area contributed by atoms with E-state index in [4.69, 9.17) is 0 Å². The largest absolute Gasteiger partial charge is 0.381 e. The molecule has 2 nitrogen and oxygen atoms in total. The lowest BCUT2D eigenvalue weighted by Gasteiger charge is -2.35. The maximum Gasteiger partial charge on any atom is 0.0486 e. The smallest absolute Gasteiger partial charge is 0.0486 e. The van der Waals surface area contributed by atoms with Crippen LogP contribution in [0, 0.1) is 17.8 Å². The highest BCUT2D eigenvalue weighted by atomic mass is 79.9. The third kappa shape index (κ3) is 3.11. The lowest BCUT2D eigenvalue weighted by Crippen LogP contribution is -2.41. The van der Waals surface area contributed by atoms with Gasteiger partial charge in [-0.15, -0.1) is 0 Å². The van der Waals surface area contributed by atoms with E-state index in [9.17, 15) is 0 Å². The molecule has 3 heteroatoms. The first-order valence-electron chi connectivity index (χ1n) is 8.69. The van der Waals surface area contributed by atoms with Crippen molar-refractivity contribution in [3.63, 3.8) is 0 Å². The number of fused-ring (bicyclic) bond motifs is 2. The standard InChI is InChI=1S/C19H25BrN2/c20-18-3-1-2-4-19(18)21-17-7-9-22(10-8-17)13-16-12-14-5-6-15(16)11-14/h1-6,14-17,21H,7-13H2. The van der Waals surface area contributed by atoms with E-state index in [-0.39, 0.29) is 0 Å². The minimum Gasteiger partial charge on any atom is -0.381 e. The van der Waals surface area contributed by atoms with E-state index in [1.165, 1.54) is 55.5 Å². The topological polar surface area (TPSA) is 15.3 Å². The first-order chi connectivity index (χ1) is 10.8. The van der Waals surface area contributed by atoms with Gasteiger partial charge in [0.1, 0.15) is 0 Å². The Labute approximate surface area is 142 Å². The number of halogens is 1. The number of nitrogens with zero attached hydrogens (tertiary/aromatic N) is 1. The molecule has 1 aromatic rings. The summed E-state index contributed by atoms with van der Waals surface area (Å²) in [6, 6.07) is 9.07. The van der Waals surface area contributed by atoms with Crippen molar-refractivity contribution in [2.24, 2.45) is 17.8 Å². The number of nitrogens with one attached hydrogen (secondary N) is 1. The fraction of sp³-hybridized carbons (Fsp3) is 0.579. The monoisotopic (exact) mass is 360 g/mol. The van der Waals surface area contributed by atoms with Gasteiger partial charge >= 0.3 is 0 Å². The number of para-hydroxylation sites is 1. The summed E-state index contributed by atoms with van der Waals surface area (Å²) in [5, 5.41) is 3.71. The highest BCUT2D eigenvalue weighted by Gasteiger charge is 2.36. The number of hydrogen-bond acceptors (Lipinski definition) is 2. The molecule has 2 aliphatic carbocycles. The van der Waals surface area contributed by atoms with Gasteiger partial charge in [-0.25, -0.2) is 0 Å². The third-order valence-electron chi connectivity index (χ3n) is 5.73. The number of rotatable bonds is 4. The second kappa shape index (κ2) is 6.37. The lowest BCUT2D eigenvalue weighted by molar-refractivity contribution is 0.177. The average molecular weight is 361 g/mol. The summed E-state index contributed by atoms with van der Waals surface area (Å²) in [6.45, 7) is 3.83. The zero-order valence-electron chi connectivity index (χ0n) is 13.0. The molecule has 2 fully saturated rings. The quantitative estimate of drug-likeness (QED) is 0.793. The van der Waals surface area contributed by atoms with Crippen LogP contribution in [0.5, 0.6) is 0 Å². The molecular weight excluding hydrogens is 336 g/mol. The van der Waals surface area contributed by atoms with Crippen molar-refractivity contribution in [2.45, 2.75) is 31.7 Å². The number of likely N-dealkylation sites (tertiary alicyclic amines) is 1. The van der Waals surface area contributed by atoms with Crippen molar-refractivity contribution in [2.75, 3.05) is 25.0 Å². The summed E-state index contributed by atoms with van der Waals surface area (Å²) in [5.74, 6) is 2.73. The van der Waals surface area contributed by atoms with Gasteiger partial charge in [-0.3, -0.25) is 0 Å². The fourth-order valence-electron chi connectivity index (χ4n) is 4.49. The van der Waals surface area contributed by atoms with Crippen molar-refractivity contribution >= 4 is 21.6 Å². The fourth-order valence-corrected chi connectivity index (χ4v) is 4.89. The van der Waals surface area contributed by atoms with Crippen molar-refractivity contribution in [1.82, 2.24) is 4.90 Å².